The number of benzene rings is 2. The molecule has 9 heteroatoms. The molecule has 1 aliphatic heterocycles. The summed E-state index contributed by atoms with van der Waals surface area (Å²) >= 11 is 0. The smallest absolute Gasteiger partial charge is 0.406 e. The third kappa shape index (κ3) is 3.97. The number of aromatic nitrogens is 1. The molecule has 2 aromatic carbocycles. The van der Waals surface area contributed by atoms with Gasteiger partial charge in [0, 0.05) is 23.4 Å². The van der Waals surface area contributed by atoms with E-state index in [1.807, 2.05) is 0 Å². The second kappa shape index (κ2) is 7.26. The maximum absolute atomic E-state index is 15.8. The van der Waals surface area contributed by atoms with Gasteiger partial charge >= 0.3 is 6.36 Å². The predicted octanol–water partition coefficient (Wildman–Crippen LogP) is 6.04. The van der Waals surface area contributed by atoms with Gasteiger partial charge in [-0.2, -0.15) is 0 Å². The van der Waals surface area contributed by atoms with E-state index in [0.717, 1.165) is 24.3 Å². The summed E-state index contributed by atoms with van der Waals surface area (Å²) < 4.78 is 89.2. The minimum atomic E-state index is -4.79. The topological polar surface area (TPSA) is 34.6 Å². The Balaban J connectivity index is 1.59. The highest BCUT2D eigenvalue weighted by atomic mass is 19.4. The molecule has 1 aliphatic rings. The lowest BCUT2D eigenvalue weighted by atomic mass is 9.82. The number of epoxide rings is 1. The van der Waals surface area contributed by atoms with Crippen molar-refractivity contribution in [2.24, 2.45) is 0 Å². The summed E-state index contributed by atoms with van der Waals surface area (Å²) in [5.74, 6) is -2.07. The average molecular weight is 439 g/mol. The Hall–Kier alpha value is -3.07. The molecular formula is C22H15F6NO2. The fourth-order valence-electron chi connectivity index (χ4n) is 3.47. The van der Waals surface area contributed by atoms with Crippen LogP contribution in [0.1, 0.15) is 18.2 Å². The van der Waals surface area contributed by atoms with E-state index in [1.165, 1.54) is 37.4 Å². The van der Waals surface area contributed by atoms with Gasteiger partial charge < -0.3 is 9.47 Å². The van der Waals surface area contributed by atoms with Crippen molar-refractivity contribution < 1.29 is 35.8 Å². The third-order valence-electron chi connectivity index (χ3n) is 5.22. The molecule has 0 saturated carbocycles. The summed E-state index contributed by atoms with van der Waals surface area (Å²) in [5.41, 5.74) is -2.93. The van der Waals surface area contributed by atoms with Gasteiger partial charge in [0.2, 0.25) is 0 Å². The molecule has 0 spiro atoms. The second-order valence-electron chi connectivity index (χ2n) is 7.25. The minimum Gasteiger partial charge on any atom is -0.406 e. The van der Waals surface area contributed by atoms with Crippen molar-refractivity contribution in [1.82, 2.24) is 4.98 Å². The van der Waals surface area contributed by atoms with E-state index >= 15 is 4.39 Å². The van der Waals surface area contributed by atoms with Crippen LogP contribution in [-0.2, 0) is 16.0 Å². The van der Waals surface area contributed by atoms with E-state index in [2.05, 4.69) is 9.72 Å². The van der Waals surface area contributed by atoms with Crippen molar-refractivity contribution >= 4 is 0 Å². The van der Waals surface area contributed by atoms with Crippen LogP contribution in [0.25, 0.3) is 11.1 Å². The Morgan fingerprint density at radius 1 is 0.935 bits per heavy atom. The van der Waals surface area contributed by atoms with Gasteiger partial charge in [-0.15, -0.1) is 13.2 Å². The maximum Gasteiger partial charge on any atom is 0.573 e. The monoisotopic (exact) mass is 439 g/mol. The third-order valence-corrected chi connectivity index (χ3v) is 5.22. The Kier molecular flexibility index (Phi) is 4.96. The van der Waals surface area contributed by atoms with Gasteiger partial charge in [0.25, 0.3) is 0 Å². The molecule has 162 valence electrons. The van der Waals surface area contributed by atoms with Crippen molar-refractivity contribution in [3.05, 3.63) is 83.7 Å². The Morgan fingerprint density at radius 2 is 1.58 bits per heavy atom. The van der Waals surface area contributed by atoms with Crippen LogP contribution in [0.3, 0.4) is 0 Å². The number of hydrogen-bond donors (Lipinski definition) is 0. The van der Waals surface area contributed by atoms with Crippen molar-refractivity contribution in [1.29, 1.82) is 0 Å². The second-order valence-corrected chi connectivity index (χ2v) is 7.25. The van der Waals surface area contributed by atoms with Gasteiger partial charge in [-0.1, -0.05) is 24.3 Å². The lowest BCUT2D eigenvalue weighted by Crippen LogP contribution is -2.35. The highest BCUT2D eigenvalue weighted by Gasteiger charge is 2.64. The summed E-state index contributed by atoms with van der Waals surface area (Å²) in [6.45, 7) is 1.10. The molecule has 0 N–H and O–H groups in total. The molecule has 0 bridgehead atoms. The predicted molar refractivity (Wildman–Crippen MR) is 98.8 cm³/mol. The molecule has 1 saturated heterocycles. The molecule has 2 heterocycles. The lowest BCUT2D eigenvalue weighted by Gasteiger charge is -2.28. The van der Waals surface area contributed by atoms with E-state index in [-0.39, 0.29) is 23.6 Å². The van der Waals surface area contributed by atoms with Gasteiger partial charge in [-0.05, 0) is 36.8 Å². The molecule has 0 aliphatic carbocycles. The van der Waals surface area contributed by atoms with E-state index in [9.17, 15) is 22.0 Å². The summed E-state index contributed by atoms with van der Waals surface area (Å²) in [5, 5.41) is 0. The van der Waals surface area contributed by atoms with E-state index in [4.69, 9.17) is 4.74 Å². The van der Waals surface area contributed by atoms with E-state index in [0.29, 0.717) is 17.2 Å². The molecule has 0 radical (unpaired) electrons. The zero-order valence-electron chi connectivity index (χ0n) is 16.0. The molecule has 1 fully saturated rings. The highest BCUT2D eigenvalue weighted by Crippen LogP contribution is 2.55. The van der Waals surface area contributed by atoms with Gasteiger partial charge in [-0.3, -0.25) is 4.98 Å². The standard InChI is InChI=1S/C22H15F6NO2/c1-20(25,21(12-30-21)17-8-5-15(23)10-18(17)24)19-9-4-14(11-29-19)13-2-6-16(7-3-13)31-22(26,27)28/h2-11H,12H2,1H3. The highest BCUT2D eigenvalue weighted by molar-refractivity contribution is 5.63. The summed E-state index contributed by atoms with van der Waals surface area (Å²) in [4.78, 5) is 4.12. The summed E-state index contributed by atoms with van der Waals surface area (Å²) in [6.07, 6.45) is -3.44. The van der Waals surface area contributed by atoms with Crippen LogP contribution in [0.5, 0.6) is 5.75 Å². The van der Waals surface area contributed by atoms with Crippen LogP contribution < -0.4 is 4.74 Å². The molecular weight excluding hydrogens is 424 g/mol. The fraction of sp³-hybridized carbons (Fsp3) is 0.227. The minimum absolute atomic E-state index is 0.0329. The van der Waals surface area contributed by atoms with Crippen LogP contribution in [0.4, 0.5) is 26.3 Å². The number of hydrogen-bond acceptors (Lipinski definition) is 3. The number of rotatable bonds is 5. The number of ether oxygens (including phenoxy) is 2. The molecule has 1 aromatic heterocycles. The van der Waals surface area contributed by atoms with Gasteiger partial charge in [0.1, 0.15) is 17.4 Å². The van der Waals surface area contributed by atoms with Gasteiger partial charge in [0.15, 0.2) is 11.3 Å². The average Bonchev–Trinajstić information content (AvgIpc) is 3.50. The maximum atomic E-state index is 15.8. The molecule has 31 heavy (non-hydrogen) atoms. The molecule has 4 rings (SSSR count). The Morgan fingerprint density at radius 3 is 2.10 bits per heavy atom. The quantitative estimate of drug-likeness (QED) is 0.359. The number of pyridine rings is 1. The largest absolute Gasteiger partial charge is 0.573 e. The first-order valence-electron chi connectivity index (χ1n) is 9.13. The molecule has 2 atom stereocenters. The van der Waals surface area contributed by atoms with Crippen LogP contribution in [-0.4, -0.2) is 18.0 Å². The number of halogens is 6. The first-order valence-corrected chi connectivity index (χ1v) is 9.13. The van der Waals surface area contributed by atoms with Crippen molar-refractivity contribution in [3.8, 4) is 16.9 Å². The summed E-state index contributed by atoms with van der Waals surface area (Å²) in [6, 6.07) is 10.9. The zero-order valence-corrected chi connectivity index (χ0v) is 16.0. The van der Waals surface area contributed by atoms with Crippen molar-refractivity contribution in [2.75, 3.05) is 6.61 Å². The zero-order chi connectivity index (χ0) is 22.4. The van der Waals surface area contributed by atoms with Gasteiger partial charge in [0.05, 0.1) is 12.3 Å². The first kappa shape index (κ1) is 21.2. The number of alkyl halides is 4. The van der Waals surface area contributed by atoms with Crippen LogP contribution in [0.2, 0.25) is 0 Å². The van der Waals surface area contributed by atoms with Gasteiger partial charge in [-0.25, -0.2) is 13.2 Å². The molecule has 3 aromatic rings. The lowest BCUT2D eigenvalue weighted by molar-refractivity contribution is -0.274. The fourth-order valence-corrected chi connectivity index (χ4v) is 3.47. The van der Waals surface area contributed by atoms with Crippen molar-refractivity contribution in [2.45, 2.75) is 24.6 Å². The van der Waals surface area contributed by atoms with Crippen LogP contribution >= 0.6 is 0 Å². The van der Waals surface area contributed by atoms with Crippen LogP contribution in [0.15, 0.2) is 60.8 Å². The first-order chi connectivity index (χ1) is 14.5. The van der Waals surface area contributed by atoms with Crippen molar-refractivity contribution in [3.63, 3.8) is 0 Å². The molecule has 0 amide bonds. The van der Waals surface area contributed by atoms with Crippen LogP contribution in [0, 0.1) is 11.6 Å². The normalized spacial score (nSPS) is 20.2. The van der Waals surface area contributed by atoms with E-state index in [1.54, 1.807) is 0 Å². The molecule has 2 unspecified atom stereocenters. The number of nitrogens with zero attached hydrogens (tertiary/aromatic N) is 1. The molecule has 3 nitrogen and oxygen atoms in total. The van der Waals surface area contributed by atoms with E-state index < -0.39 is 29.3 Å². The Labute approximate surface area is 173 Å². The Bertz CT molecular complexity index is 1090. The SMILES string of the molecule is CC(F)(c1ccc(-c2ccc(OC(F)(F)F)cc2)cn1)C1(c2ccc(F)cc2F)CO1. The summed E-state index contributed by atoms with van der Waals surface area (Å²) in [7, 11) is 0.